The summed E-state index contributed by atoms with van der Waals surface area (Å²) < 4.78 is 42.3. The molecule has 0 rings (SSSR count). The van der Waals surface area contributed by atoms with Gasteiger partial charge in [-0.1, -0.05) is 28.7 Å². The summed E-state index contributed by atoms with van der Waals surface area (Å²) in [6.45, 7) is 10.7. The van der Waals surface area contributed by atoms with Crippen molar-refractivity contribution >= 4 is 5.97 Å². The zero-order valence-electron chi connectivity index (χ0n) is 19.2. The Kier molecular flexibility index (Phi) is 34.7. The first-order valence-corrected chi connectivity index (χ1v) is 11.0. The quantitative estimate of drug-likeness (QED) is 0.152. The molecule has 0 aliphatic carbocycles. The highest BCUT2D eigenvalue weighted by atomic mass is 16.6. The average Bonchev–Trinajstić information content (AvgIpc) is 2.78. The van der Waals surface area contributed by atoms with E-state index in [1.54, 1.807) is 0 Å². The van der Waals surface area contributed by atoms with Crippen LogP contribution in [0.2, 0.25) is 0 Å². The van der Waals surface area contributed by atoms with E-state index in [0.29, 0.717) is 92.5 Å². The van der Waals surface area contributed by atoms with Crippen molar-refractivity contribution < 1.29 is 47.8 Å². The summed E-state index contributed by atoms with van der Waals surface area (Å²) in [7, 11) is 0. The highest BCUT2D eigenvalue weighted by molar-refractivity contribution is 5.71. The molecule has 0 heterocycles. The van der Waals surface area contributed by atoms with Crippen molar-refractivity contribution in [3.8, 4) is 0 Å². The lowest BCUT2D eigenvalue weighted by Crippen LogP contribution is -2.18. The zero-order valence-corrected chi connectivity index (χ0v) is 19.2. The molecule has 0 aliphatic rings. The summed E-state index contributed by atoms with van der Waals surface area (Å²) in [6.07, 6.45) is 0.775. The Morgan fingerprint density at radius 2 is 0.848 bits per heavy atom. The lowest BCUT2D eigenvalue weighted by Gasteiger charge is -2.10. The van der Waals surface area contributed by atoms with Gasteiger partial charge in [0.15, 0.2) is 0 Å². The van der Waals surface area contributed by atoms with Gasteiger partial charge < -0.3 is 43.0 Å². The van der Waals surface area contributed by atoms with Crippen molar-refractivity contribution in [3.63, 3.8) is 0 Å². The summed E-state index contributed by atoms with van der Waals surface area (Å²) >= 11 is 0. The van der Waals surface area contributed by atoms with E-state index in [9.17, 15) is 4.79 Å². The summed E-state index contributed by atoms with van der Waals surface area (Å²) in [5.74, 6) is -0.249. The number of rotatable bonds is 25. The number of aliphatic hydroxyl groups is 1. The van der Waals surface area contributed by atoms with Gasteiger partial charge in [0, 0.05) is 0 Å². The monoisotopic (exact) mass is 486 g/mol. The SMILES string of the molecule is C.C.CCC(C)C(=O)OCCOCCOCCOCCOCCOCCOCCOCCO. The van der Waals surface area contributed by atoms with Crippen LogP contribution in [-0.4, -0.2) is 117 Å². The second kappa shape index (κ2) is 31.1. The standard InChI is InChI=1S/C21H42O10.2CH4/c1-3-20(2)21(23)31-19-18-30-17-16-29-15-14-28-13-12-27-11-10-26-9-8-25-7-6-24-5-4-22;;/h20,22H,3-19H2,1-2H3;2*1H4. The number of hydrogen-bond acceptors (Lipinski definition) is 10. The number of aliphatic hydroxyl groups excluding tert-OH is 1. The fourth-order valence-corrected chi connectivity index (χ4v) is 2.00. The van der Waals surface area contributed by atoms with Crippen LogP contribution in [0.3, 0.4) is 0 Å². The Balaban J connectivity index is -0.00000450. The van der Waals surface area contributed by atoms with Gasteiger partial charge in [-0.2, -0.15) is 0 Å². The molecule has 0 saturated heterocycles. The van der Waals surface area contributed by atoms with Crippen LogP contribution in [0.25, 0.3) is 0 Å². The molecule has 0 aromatic carbocycles. The Morgan fingerprint density at radius 1 is 0.576 bits per heavy atom. The molecule has 0 aromatic heterocycles. The van der Waals surface area contributed by atoms with E-state index in [1.807, 2.05) is 13.8 Å². The van der Waals surface area contributed by atoms with E-state index < -0.39 is 0 Å². The summed E-state index contributed by atoms with van der Waals surface area (Å²) in [5, 5.41) is 8.53. The highest BCUT2D eigenvalue weighted by Gasteiger charge is 2.10. The topological polar surface area (TPSA) is 111 Å². The largest absolute Gasteiger partial charge is 0.463 e. The number of carbonyl (C=O) groups excluding carboxylic acids is 1. The molecule has 1 N–H and O–H groups in total. The molecule has 0 radical (unpaired) electrons. The predicted molar refractivity (Wildman–Crippen MR) is 127 cm³/mol. The van der Waals surface area contributed by atoms with E-state index in [-0.39, 0.29) is 40.0 Å². The molecule has 10 nitrogen and oxygen atoms in total. The molecule has 0 saturated carbocycles. The molecule has 0 fully saturated rings. The maximum Gasteiger partial charge on any atom is 0.308 e. The van der Waals surface area contributed by atoms with Gasteiger partial charge in [0.1, 0.15) is 6.61 Å². The molecule has 0 aromatic rings. The molecular formula is C23H50O10. The third-order valence-corrected chi connectivity index (χ3v) is 3.95. The van der Waals surface area contributed by atoms with Crippen LogP contribution in [0, 0.1) is 5.92 Å². The molecule has 33 heavy (non-hydrogen) atoms. The maximum absolute atomic E-state index is 11.4. The minimum absolute atomic E-state index is 0. The van der Waals surface area contributed by atoms with E-state index in [4.69, 9.17) is 43.0 Å². The molecule has 0 amide bonds. The van der Waals surface area contributed by atoms with Crippen molar-refractivity contribution in [2.24, 2.45) is 5.92 Å². The maximum atomic E-state index is 11.4. The second-order valence-corrected chi connectivity index (χ2v) is 6.49. The number of carbonyl (C=O) groups is 1. The van der Waals surface area contributed by atoms with E-state index >= 15 is 0 Å². The Morgan fingerprint density at radius 3 is 1.12 bits per heavy atom. The van der Waals surface area contributed by atoms with Crippen molar-refractivity contribution in [2.45, 2.75) is 35.1 Å². The van der Waals surface area contributed by atoms with Crippen molar-refractivity contribution in [2.75, 3.05) is 106 Å². The number of ether oxygens (including phenoxy) is 8. The van der Waals surface area contributed by atoms with Crippen molar-refractivity contribution in [1.82, 2.24) is 0 Å². The molecule has 1 unspecified atom stereocenters. The minimum atomic E-state index is -0.182. The van der Waals surface area contributed by atoms with Gasteiger partial charge in [0.25, 0.3) is 0 Å². The fourth-order valence-electron chi connectivity index (χ4n) is 2.00. The lowest BCUT2D eigenvalue weighted by molar-refractivity contribution is -0.149. The van der Waals surface area contributed by atoms with Gasteiger partial charge in [-0.25, -0.2) is 0 Å². The van der Waals surface area contributed by atoms with E-state index in [2.05, 4.69) is 0 Å². The molecule has 0 bridgehead atoms. The third kappa shape index (κ3) is 29.1. The van der Waals surface area contributed by atoms with Crippen LogP contribution in [0.5, 0.6) is 0 Å². The minimum Gasteiger partial charge on any atom is -0.463 e. The molecule has 10 heteroatoms. The molecular weight excluding hydrogens is 436 g/mol. The smallest absolute Gasteiger partial charge is 0.308 e. The first kappa shape index (κ1) is 36.7. The third-order valence-electron chi connectivity index (χ3n) is 3.95. The first-order valence-electron chi connectivity index (χ1n) is 11.0. The summed E-state index contributed by atoms with van der Waals surface area (Å²) in [5.41, 5.74) is 0. The Bertz CT molecular complexity index is 371. The zero-order chi connectivity index (χ0) is 22.8. The second-order valence-electron chi connectivity index (χ2n) is 6.49. The van der Waals surface area contributed by atoms with Crippen LogP contribution in [0.1, 0.15) is 35.1 Å². The van der Waals surface area contributed by atoms with Crippen LogP contribution in [0.4, 0.5) is 0 Å². The van der Waals surface area contributed by atoms with E-state index in [1.165, 1.54) is 0 Å². The molecule has 0 aliphatic heterocycles. The van der Waals surface area contributed by atoms with E-state index in [0.717, 1.165) is 6.42 Å². The fraction of sp³-hybridized carbons (Fsp3) is 0.957. The average molecular weight is 487 g/mol. The van der Waals surface area contributed by atoms with Gasteiger partial charge in [-0.05, 0) is 6.42 Å². The normalized spacial score (nSPS) is 11.5. The van der Waals surface area contributed by atoms with Crippen LogP contribution >= 0.6 is 0 Å². The van der Waals surface area contributed by atoms with Gasteiger partial charge in [-0.3, -0.25) is 4.79 Å². The van der Waals surface area contributed by atoms with Gasteiger partial charge in [0.05, 0.1) is 105 Å². The van der Waals surface area contributed by atoms with Crippen LogP contribution in [0.15, 0.2) is 0 Å². The van der Waals surface area contributed by atoms with Crippen molar-refractivity contribution in [3.05, 3.63) is 0 Å². The Hall–Kier alpha value is -0.850. The molecule has 202 valence electrons. The van der Waals surface area contributed by atoms with Crippen LogP contribution in [-0.2, 0) is 42.7 Å². The van der Waals surface area contributed by atoms with Gasteiger partial charge in [0.2, 0.25) is 0 Å². The predicted octanol–water partition coefficient (Wildman–Crippen LogP) is 1.96. The lowest BCUT2D eigenvalue weighted by atomic mass is 10.1. The van der Waals surface area contributed by atoms with Crippen LogP contribution < -0.4 is 0 Å². The van der Waals surface area contributed by atoms with Crippen molar-refractivity contribution in [1.29, 1.82) is 0 Å². The first-order chi connectivity index (χ1) is 15.2. The summed E-state index contributed by atoms with van der Waals surface area (Å²) in [6, 6.07) is 0. The molecule has 0 spiro atoms. The summed E-state index contributed by atoms with van der Waals surface area (Å²) in [4.78, 5) is 11.4. The Labute approximate surface area is 201 Å². The number of hydrogen-bond donors (Lipinski definition) is 1. The number of esters is 1. The van der Waals surface area contributed by atoms with Gasteiger partial charge in [-0.15, -0.1) is 0 Å². The highest BCUT2D eigenvalue weighted by Crippen LogP contribution is 2.02. The molecule has 1 atom stereocenters. The van der Waals surface area contributed by atoms with Gasteiger partial charge >= 0.3 is 5.97 Å².